The number of nitrogens with one attached hydrogen (secondary N) is 1. The van der Waals surface area contributed by atoms with Crippen LogP contribution in [0, 0.1) is 0 Å². The van der Waals surface area contributed by atoms with Gasteiger partial charge < -0.3 is 10.1 Å². The molecule has 1 N–H and O–H groups in total. The molecule has 4 rings (SSSR count). The van der Waals surface area contributed by atoms with E-state index in [0.29, 0.717) is 15.6 Å². The van der Waals surface area contributed by atoms with Crippen LogP contribution in [-0.2, 0) is 9.53 Å². The molecule has 0 fully saturated rings. The fraction of sp³-hybridized carbons (Fsp3) is 0.167. The molecule has 3 aromatic rings. The zero-order chi connectivity index (χ0) is 22.0. The number of alkyl carbamates (subject to hydrolysis) is 1. The van der Waals surface area contributed by atoms with Gasteiger partial charge in [-0.25, -0.2) is 4.79 Å². The lowest BCUT2D eigenvalue weighted by Gasteiger charge is -2.20. The van der Waals surface area contributed by atoms with Crippen molar-refractivity contribution in [2.75, 3.05) is 6.61 Å². The average molecular weight is 472 g/mol. The fourth-order valence-electron chi connectivity index (χ4n) is 4.01. The number of fused-ring (bicyclic) bond motifs is 3. The topological polar surface area (TPSA) is 55.4 Å². The summed E-state index contributed by atoms with van der Waals surface area (Å²) in [6.07, 6.45) is -0.528. The van der Waals surface area contributed by atoms with Crippen LogP contribution in [-0.4, -0.2) is 18.2 Å². The first-order valence-corrected chi connectivity index (χ1v) is 11.1. The molecule has 158 valence electrons. The Morgan fingerprint density at radius 2 is 1.48 bits per heavy atom. The summed E-state index contributed by atoms with van der Waals surface area (Å²) in [5.74, 6) is -0.0411. The molecule has 0 saturated heterocycles. The lowest BCUT2D eigenvalue weighted by molar-refractivity contribution is -0.111. The molecule has 0 radical (unpaired) electrons. The van der Waals surface area contributed by atoms with E-state index in [9.17, 15) is 9.59 Å². The number of ether oxygens (including phenoxy) is 1. The van der Waals surface area contributed by atoms with Gasteiger partial charge in [-0.2, -0.15) is 0 Å². The predicted molar refractivity (Wildman–Crippen MR) is 127 cm³/mol. The SMILES string of the molecule is O=C(P)CC(NC(=O)OCC1c2ccccc2-c2ccccc21)c1cc(Cl)cc(Cl)c1. The van der Waals surface area contributed by atoms with Gasteiger partial charge >= 0.3 is 6.09 Å². The number of hydrogen-bond donors (Lipinski definition) is 1. The van der Waals surface area contributed by atoms with E-state index in [0.717, 1.165) is 22.3 Å². The maximum atomic E-state index is 12.6. The molecule has 1 amide bonds. The zero-order valence-corrected chi connectivity index (χ0v) is 19.1. The van der Waals surface area contributed by atoms with E-state index >= 15 is 0 Å². The van der Waals surface area contributed by atoms with Gasteiger partial charge in [0.15, 0.2) is 5.52 Å². The van der Waals surface area contributed by atoms with Crippen molar-refractivity contribution in [1.82, 2.24) is 5.32 Å². The number of carbonyl (C=O) groups is 2. The van der Waals surface area contributed by atoms with E-state index in [-0.39, 0.29) is 24.5 Å². The molecule has 0 bridgehead atoms. The number of amides is 1. The van der Waals surface area contributed by atoms with E-state index in [1.165, 1.54) is 0 Å². The maximum Gasteiger partial charge on any atom is 0.407 e. The Hall–Kier alpha value is -2.39. The van der Waals surface area contributed by atoms with Crippen LogP contribution < -0.4 is 5.32 Å². The zero-order valence-electron chi connectivity index (χ0n) is 16.5. The van der Waals surface area contributed by atoms with E-state index in [4.69, 9.17) is 27.9 Å². The molecule has 7 heteroatoms. The number of halogens is 2. The number of benzene rings is 3. The van der Waals surface area contributed by atoms with Crippen LogP contribution in [0.5, 0.6) is 0 Å². The third-order valence-electron chi connectivity index (χ3n) is 5.33. The highest BCUT2D eigenvalue weighted by molar-refractivity contribution is 7.40. The monoisotopic (exact) mass is 471 g/mol. The molecule has 0 heterocycles. The van der Waals surface area contributed by atoms with Crippen molar-refractivity contribution in [3.8, 4) is 11.1 Å². The summed E-state index contributed by atoms with van der Waals surface area (Å²) in [7, 11) is 2.12. The Labute approximate surface area is 193 Å². The molecule has 0 aromatic heterocycles. The van der Waals surface area contributed by atoms with E-state index in [1.54, 1.807) is 18.2 Å². The van der Waals surface area contributed by atoms with Gasteiger partial charge in [0.25, 0.3) is 0 Å². The van der Waals surface area contributed by atoms with Crippen molar-refractivity contribution in [2.24, 2.45) is 0 Å². The van der Waals surface area contributed by atoms with Crippen molar-refractivity contribution in [3.63, 3.8) is 0 Å². The lowest BCUT2D eigenvalue weighted by Crippen LogP contribution is -2.31. The first-order valence-electron chi connectivity index (χ1n) is 9.78. The Balaban J connectivity index is 1.49. The summed E-state index contributed by atoms with van der Waals surface area (Å²) in [4.78, 5) is 24.4. The molecule has 3 aromatic carbocycles. The van der Waals surface area contributed by atoms with Crippen molar-refractivity contribution in [3.05, 3.63) is 93.5 Å². The van der Waals surface area contributed by atoms with Crippen molar-refractivity contribution in [1.29, 1.82) is 0 Å². The van der Waals surface area contributed by atoms with Gasteiger partial charge in [-0.3, -0.25) is 4.79 Å². The fourth-order valence-corrected chi connectivity index (χ4v) is 4.79. The molecule has 1 aliphatic rings. The highest BCUT2D eigenvalue weighted by Crippen LogP contribution is 2.44. The summed E-state index contributed by atoms with van der Waals surface area (Å²) in [5, 5.41) is 3.64. The second kappa shape index (κ2) is 9.40. The van der Waals surface area contributed by atoms with Crippen LogP contribution in [0.25, 0.3) is 11.1 Å². The molecule has 4 nitrogen and oxygen atoms in total. The van der Waals surface area contributed by atoms with Gasteiger partial charge in [-0.1, -0.05) is 81.0 Å². The molecular formula is C24H20Cl2NO3P. The Morgan fingerprint density at radius 1 is 0.935 bits per heavy atom. The quantitative estimate of drug-likeness (QED) is 0.425. The average Bonchev–Trinajstić information content (AvgIpc) is 3.05. The normalized spacial score (nSPS) is 13.3. The van der Waals surface area contributed by atoms with Crippen LogP contribution in [0.15, 0.2) is 66.7 Å². The smallest absolute Gasteiger partial charge is 0.407 e. The third-order valence-corrected chi connectivity index (χ3v) is 6.00. The Morgan fingerprint density at radius 3 is 2.03 bits per heavy atom. The number of hydrogen-bond acceptors (Lipinski definition) is 3. The highest BCUT2D eigenvalue weighted by atomic mass is 35.5. The number of rotatable bonds is 6. The van der Waals surface area contributed by atoms with Crippen LogP contribution in [0.1, 0.15) is 35.1 Å². The molecule has 2 atom stereocenters. The predicted octanol–water partition coefficient (Wildman–Crippen LogP) is 6.37. The molecule has 0 aliphatic heterocycles. The van der Waals surface area contributed by atoms with E-state index in [2.05, 4.69) is 38.8 Å². The van der Waals surface area contributed by atoms with Crippen molar-refractivity contribution >= 4 is 44.1 Å². The lowest BCUT2D eigenvalue weighted by atomic mass is 9.98. The Bertz CT molecular complexity index is 1090. The van der Waals surface area contributed by atoms with Gasteiger partial charge in [0, 0.05) is 22.4 Å². The van der Waals surface area contributed by atoms with E-state index in [1.807, 2.05) is 24.3 Å². The van der Waals surface area contributed by atoms with Crippen molar-refractivity contribution in [2.45, 2.75) is 18.4 Å². The van der Waals surface area contributed by atoms with Crippen LogP contribution in [0.4, 0.5) is 4.79 Å². The molecule has 0 spiro atoms. The first kappa shape index (κ1) is 21.8. The summed E-state index contributed by atoms with van der Waals surface area (Å²) >= 11 is 12.2. The molecule has 1 aliphatic carbocycles. The minimum absolute atomic E-state index is 0.0411. The first-order chi connectivity index (χ1) is 14.9. The van der Waals surface area contributed by atoms with Gasteiger partial charge in [0.2, 0.25) is 0 Å². The second-order valence-corrected chi connectivity index (χ2v) is 8.91. The summed E-state index contributed by atoms with van der Waals surface area (Å²) < 4.78 is 5.60. The third kappa shape index (κ3) is 4.93. The van der Waals surface area contributed by atoms with Crippen LogP contribution >= 0.6 is 32.4 Å². The minimum atomic E-state index is -0.603. The molecule has 2 unspecified atom stereocenters. The van der Waals surface area contributed by atoms with Gasteiger partial charge in [-0.05, 0) is 46.0 Å². The van der Waals surface area contributed by atoms with Gasteiger partial charge in [0.05, 0.1) is 6.04 Å². The summed E-state index contributed by atoms with van der Waals surface area (Å²) in [6, 6.07) is 20.6. The largest absolute Gasteiger partial charge is 0.449 e. The van der Waals surface area contributed by atoms with Crippen LogP contribution in [0.3, 0.4) is 0 Å². The Kier molecular flexibility index (Phi) is 6.62. The molecule has 31 heavy (non-hydrogen) atoms. The molecule has 0 saturated carbocycles. The highest BCUT2D eigenvalue weighted by Gasteiger charge is 2.29. The molecular weight excluding hydrogens is 452 g/mol. The second-order valence-electron chi connectivity index (χ2n) is 7.40. The standard InChI is InChI=1S/C24H20Cl2NO3P/c25-15-9-14(10-16(26)11-15)22(12-23(28)31)27-24(29)30-13-21-19-7-3-1-5-17(19)18-6-2-4-8-20(18)21/h1-11,21-22H,12-13,31H2,(H,27,29). The number of carbonyl (C=O) groups excluding carboxylic acids is 2. The van der Waals surface area contributed by atoms with Crippen LogP contribution in [0.2, 0.25) is 10.0 Å². The summed E-state index contributed by atoms with van der Waals surface area (Å²) in [6.45, 7) is 0.192. The van der Waals surface area contributed by atoms with Gasteiger partial charge in [-0.15, -0.1) is 0 Å². The summed E-state index contributed by atoms with van der Waals surface area (Å²) in [5.41, 5.74) is 5.07. The minimum Gasteiger partial charge on any atom is -0.449 e. The maximum absolute atomic E-state index is 12.6. The van der Waals surface area contributed by atoms with Gasteiger partial charge in [0.1, 0.15) is 6.61 Å². The van der Waals surface area contributed by atoms with E-state index < -0.39 is 12.1 Å². The van der Waals surface area contributed by atoms with Crippen molar-refractivity contribution < 1.29 is 14.3 Å².